The van der Waals surface area contributed by atoms with Crippen molar-refractivity contribution < 1.29 is 0 Å². The van der Waals surface area contributed by atoms with Crippen LogP contribution in [0.2, 0.25) is 5.32 Å². The van der Waals surface area contributed by atoms with Gasteiger partial charge in [0.2, 0.25) is 0 Å². The van der Waals surface area contributed by atoms with Gasteiger partial charge in [0, 0.05) is 0 Å². The molecule has 0 unspecified atom stereocenters. The van der Waals surface area contributed by atoms with Crippen LogP contribution in [0.5, 0.6) is 0 Å². The SMILES string of the molecule is NCCCCCCCC[Se]c1ccccc1. The molecule has 0 heterocycles. The zero-order valence-corrected chi connectivity index (χ0v) is 11.7. The molecule has 0 aliphatic rings. The van der Waals surface area contributed by atoms with E-state index in [1.165, 1.54) is 48.3 Å². The standard InChI is InChI=1S/C14H23NSe/c15-12-8-3-1-2-4-9-13-16-14-10-6-5-7-11-14/h5-7,10-11H,1-4,8-9,12-13,15H2. The first-order chi connectivity index (χ1) is 7.93. The van der Waals surface area contributed by atoms with Crippen molar-refractivity contribution in [3.05, 3.63) is 30.3 Å². The van der Waals surface area contributed by atoms with E-state index in [4.69, 9.17) is 5.73 Å². The maximum atomic E-state index is 5.46. The number of benzene rings is 1. The first-order valence-electron chi connectivity index (χ1n) is 6.31. The van der Waals surface area contributed by atoms with E-state index in [0.717, 1.165) is 6.54 Å². The maximum absolute atomic E-state index is 5.46. The molecule has 0 atom stereocenters. The molecule has 1 aromatic carbocycles. The van der Waals surface area contributed by atoms with E-state index in [1.54, 1.807) is 0 Å². The predicted octanol–water partition coefficient (Wildman–Crippen LogP) is 2.73. The van der Waals surface area contributed by atoms with Gasteiger partial charge >= 0.3 is 106 Å². The van der Waals surface area contributed by atoms with E-state index < -0.39 is 0 Å². The Hall–Kier alpha value is -0.301. The van der Waals surface area contributed by atoms with E-state index in [-0.39, 0.29) is 0 Å². The van der Waals surface area contributed by atoms with Gasteiger partial charge in [-0.15, -0.1) is 0 Å². The van der Waals surface area contributed by atoms with E-state index in [0.29, 0.717) is 15.0 Å². The number of hydrogen-bond donors (Lipinski definition) is 1. The van der Waals surface area contributed by atoms with Crippen LogP contribution in [0.15, 0.2) is 30.3 Å². The normalized spacial score (nSPS) is 10.6. The van der Waals surface area contributed by atoms with Crippen LogP contribution in [0.25, 0.3) is 0 Å². The molecule has 0 spiro atoms. The number of hydrogen-bond acceptors (Lipinski definition) is 1. The summed E-state index contributed by atoms with van der Waals surface area (Å²) in [6, 6.07) is 10.9. The van der Waals surface area contributed by atoms with Crippen LogP contribution in [0, 0.1) is 0 Å². The molecule has 1 rings (SSSR count). The summed E-state index contributed by atoms with van der Waals surface area (Å²) in [5, 5.41) is 1.40. The van der Waals surface area contributed by atoms with Gasteiger partial charge in [-0.2, -0.15) is 0 Å². The second-order valence-electron chi connectivity index (χ2n) is 4.07. The monoisotopic (exact) mass is 285 g/mol. The second-order valence-corrected chi connectivity index (χ2v) is 6.52. The van der Waals surface area contributed by atoms with Crippen molar-refractivity contribution in [1.29, 1.82) is 0 Å². The van der Waals surface area contributed by atoms with E-state index in [1.807, 2.05) is 0 Å². The van der Waals surface area contributed by atoms with Crippen LogP contribution in [0.3, 0.4) is 0 Å². The molecule has 0 saturated carbocycles. The van der Waals surface area contributed by atoms with Crippen molar-refractivity contribution in [2.75, 3.05) is 6.54 Å². The number of nitrogens with two attached hydrogens (primary N) is 1. The Labute approximate surface area is 106 Å². The summed E-state index contributed by atoms with van der Waals surface area (Å²) in [5.74, 6) is 0. The Morgan fingerprint density at radius 2 is 1.44 bits per heavy atom. The third kappa shape index (κ3) is 7.05. The number of rotatable bonds is 9. The van der Waals surface area contributed by atoms with Gasteiger partial charge in [0.25, 0.3) is 0 Å². The molecule has 90 valence electrons. The van der Waals surface area contributed by atoms with Crippen molar-refractivity contribution in [1.82, 2.24) is 0 Å². The van der Waals surface area contributed by atoms with Crippen LogP contribution < -0.4 is 10.2 Å². The molecule has 0 bridgehead atoms. The van der Waals surface area contributed by atoms with Gasteiger partial charge in [-0.05, 0) is 0 Å². The molecule has 0 aliphatic carbocycles. The summed E-state index contributed by atoms with van der Waals surface area (Å²) in [6.07, 6.45) is 8.09. The molecule has 0 aliphatic heterocycles. The fourth-order valence-electron chi connectivity index (χ4n) is 1.66. The molecule has 2 N–H and O–H groups in total. The zero-order chi connectivity index (χ0) is 11.5. The summed E-state index contributed by atoms with van der Waals surface area (Å²) >= 11 is 0.693. The third-order valence-corrected chi connectivity index (χ3v) is 4.91. The Balaban J connectivity index is 1.89. The zero-order valence-electron chi connectivity index (χ0n) is 10.0. The molecule has 0 saturated heterocycles. The molecule has 1 nitrogen and oxygen atoms in total. The predicted molar refractivity (Wildman–Crippen MR) is 73.4 cm³/mol. The van der Waals surface area contributed by atoms with Gasteiger partial charge in [0.05, 0.1) is 0 Å². The Kier molecular flexibility index (Phi) is 8.51. The summed E-state index contributed by atoms with van der Waals surface area (Å²) < 4.78 is 1.54. The van der Waals surface area contributed by atoms with Crippen LogP contribution in [-0.4, -0.2) is 21.5 Å². The van der Waals surface area contributed by atoms with E-state index in [9.17, 15) is 0 Å². The molecule has 1 aromatic rings. The van der Waals surface area contributed by atoms with Crippen LogP contribution in [0.4, 0.5) is 0 Å². The molecule has 0 aromatic heterocycles. The van der Waals surface area contributed by atoms with Gasteiger partial charge in [-0.25, -0.2) is 0 Å². The van der Waals surface area contributed by atoms with Gasteiger partial charge in [0.15, 0.2) is 0 Å². The Morgan fingerprint density at radius 3 is 2.12 bits per heavy atom. The van der Waals surface area contributed by atoms with Crippen molar-refractivity contribution in [2.24, 2.45) is 5.73 Å². The second kappa shape index (κ2) is 9.89. The minimum absolute atomic E-state index is 0.693. The Bertz CT molecular complexity index is 248. The fourth-order valence-corrected chi connectivity index (χ4v) is 3.62. The summed E-state index contributed by atoms with van der Waals surface area (Å²) in [5.41, 5.74) is 5.46. The summed E-state index contributed by atoms with van der Waals surface area (Å²) in [6.45, 7) is 0.858. The van der Waals surface area contributed by atoms with Gasteiger partial charge in [-0.3, -0.25) is 0 Å². The Morgan fingerprint density at radius 1 is 0.812 bits per heavy atom. The molecule has 0 fully saturated rings. The first-order valence-corrected chi connectivity index (χ1v) is 8.38. The quantitative estimate of drug-likeness (QED) is 0.547. The van der Waals surface area contributed by atoms with E-state index in [2.05, 4.69) is 30.3 Å². The van der Waals surface area contributed by atoms with Gasteiger partial charge in [0.1, 0.15) is 0 Å². The van der Waals surface area contributed by atoms with Crippen molar-refractivity contribution in [2.45, 2.75) is 43.8 Å². The van der Waals surface area contributed by atoms with Gasteiger partial charge in [-0.1, -0.05) is 0 Å². The molecular formula is C14H23NSe. The van der Waals surface area contributed by atoms with Crippen LogP contribution in [-0.2, 0) is 0 Å². The summed E-state index contributed by atoms with van der Waals surface area (Å²) in [4.78, 5) is 0. The fraction of sp³-hybridized carbons (Fsp3) is 0.571. The average Bonchev–Trinajstić information content (AvgIpc) is 2.34. The summed E-state index contributed by atoms with van der Waals surface area (Å²) in [7, 11) is 0. The molecule has 2 heteroatoms. The average molecular weight is 284 g/mol. The van der Waals surface area contributed by atoms with E-state index >= 15 is 0 Å². The topological polar surface area (TPSA) is 26.0 Å². The van der Waals surface area contributed by atoms with Crippen LogP contribution >= 0.6 is 0 Å². The first kappa shape index (κ1) is 13.8. The van der Waals surface area contributed by atoms with Crippen molar-refractivity contribution >= 4 is 19.4 Å². The minimum atomic E-state index is 0.693. The van der Waals surface area contributed by atoms with Crippen molar-refractivity contribution in [3.8, 4) is 0 Å². The van der Waals surface area contributed by atoms with Crippen molar-refractivity contribution in [3.63, 3.8) is 0 Å². The van der Waals surface area contributed by atoms with Gasteiger partial charge < -0.3 is 0 Å². The third-order valence-electron chi connectivity index (χ3n) is 2.61. The molecule has 0 radical (unpaired) electrons. The molecule has 16 heavy (non-hydrogen) atoms. The molecular weight excluding hydrogens is 261 g/mol. The number of unbranched alkanes of at least 4 members (excludes halogenated alkanes) is 5. The molecule has 0 amide bonds. The van der Waals surface area contributed by atoms with Crippen LogP contribution in [0.1, 0.15) is 38.5 Å².